The van der Waals surface area contributed by atoms with E-state index in [0.717, 1.165) is 5.69 Å². The molecule has 9 nitrogen and oxygen atoms in total. The molecule has 10 heteroatoms. The molecule has 0 unspecified atom stereocenters. The van der Waals surface area contributed by atoms with Gasteiger partial charge in [0.2, 0.25) is 5.95 Å². The Morgan fingerprint density at radius 1 is 1.25 bits per heavy atom. The van der Waals surface area contributed by atoms with Crippen LogP contribution >= 0.6 is 0 Å². The van der Waals surface area contributed by atoms with Crippen molar-refractivity contribution >= 4 is 16.2 Å². The Morgan fingerprint density at radius 2 is 2.00 bits per heavy atom. The smallest absolute Gasteiger partial charge is 0.281 e. The Bertz CT molecular complexity index is 775. The van der Waals surface area contributed by atoms with Crippen molar-refractivity contribution < 1.29 is 8.42 Å². The summed E-state index contributed by atoms with van der Waals surface area (Å²) in [5.41, 5.74) is 0.888. The maximum Gasteiger partial charge on any atom is 0.281 e. The summed E-state index contributed by atoms with van der Waals surface area (Å²) in [5, 5.41) is 7.47. The van der Waals surface area contributed by atoms with Gasteiger partial charge in [0, 0.05) is 58.2 Å². The monoisotopic (exact) mass is 351 g/mol. The van der Waals surface area contributed by atoms with Crippen molar-refractivity contribution in [3.63, 3.8) is 0 Å². The molecule has 1 atom stereocenters. The second-order valence-electron chi connectivity index (χ2n) is 5.91. The number of hydrogen-bond acceptors (Lipinski definition) is 6. The van der Waals surface area contributed by atoms with Gasteiger partial charge in [0.25, 0.3) is 10.2 Å². The van der Waals surface area contributed by atoms with Crippen molar-refractivity contribution in [3.8, 4) is 0 Å². The quantitative estimate of drug-likeness (QED) is 0.816. The highest BCUT2D eigenvalue weighted by Crippen LogP contribution is 2.20. The minimum Gasteiger partial charge on any atom is -0.354 e. The third kappa shape index (κ3) is 3.55. The van der Waals surface area contributed by atoms with Gasteiger partial charge in [-0.3, -0.25) is 4.68 Å². The Balaban J connectivity index is 1.79. The second-order valence-corrected chi connectivity index (χ2v) is 8.05. The molecule has 1 aliphatic rings. The number of aromatic nitrogens is 4. The molecule has 0 saturated heterocycles. The second kappa shape index (κ2) is 6.83. The summed E-state index contributed by atoms with van der Waals surface area (Å²) < 4.78 is 29.7. The molecule has 0 fully saturated rings. The summed E-state index contributed by atoms with van der Waals surface area (Å²) >= 11 is 0. The van der Waals surface area contributed by atoms with Crippen molar-refractivity contribution in [1.29, 1.82) is 0 Å². The summed E-state index contributed by atoms with van der Waals surface area (Å²) in [7, 11) is -0.405. The summed E-state index contributed by atoms with van der Waals surface area (Å²) in [6, 6.07) is 3.60. The standard InChI is InChI=1S/C14H21N7O2S/c1-19(2)24(22,23)20-9-12(8-17-14-15-5-3-6-16-14)10-21-13(11-20)4-7-18-21/h3-7,12H,8-11H2,1-2H3,(H,15,16,17)/t12-/m1/s1. The molecule has 0 saturated carbocycles. The molecular formula is C14H21N7O2S. The van der Waals surface area contributed by atoms with E-state index in [4.69, 9.17) is 0 Å². The summed E-state index contributed by atoms with van der Waals surface area (Å²) in [6.45, 7) is 1.92. The molecule has 2 aromatic rings. The SMILES string of the molecule is CN(C)S(=O)(=O)N1Cc2ccnn2C[C@H](CNc2ncccn2)C1. The van der Waals surface area contributed by atoms with Crippen molar-refractivity contribution in [3.05, 3.63) is 36.4 Å². The molecule has 3 heterocycles. The van der Waals surface area contributed by atoms with Gasteiger partial charge in [-0.05, 0) is 12.1 Å². The Labute approximate surface area is 141 Å². The highest BCUT2D eigenvalue weighted by atomic mass is 32.2. The van der Waals surface area contributed by atoms with Gasteiger partial charge in [0.1, 0.15) is 0 Å². The van der Waals surface area contributed by atoms with E-state index in [2.05, 4.69) is 20.4 Å². The molecular weight excluding hydrogens is 330 g/mol. The first-order chi connectivity index (χ1) is 11.5. The van der Waals surface area contributed by atoms with Gasteiger partial charge < -0.3 is 5.32 Å². The molecule has 0 bridgehead atoms. The summed E-state index contributed by atoms with van der Waals surface area (Å²) in [6.07, 6.45) is 5.03. The lowest BCUT2D eigenvalue weighted by atomic mass is 10.1. The maximum absolute atomic E-state index is 12.6. The third-order valence-corrected chi connectivity index (χ3v) is 5.79. The first kappa shape index (κ1) is 16.8. The van der Waals surface area contributed by atoms with Gasteiger partial charge in [-0.15, -0.1) is 0 Å². The molecule has 3 rings (SSSR count). The van der Waals surface area contributed by atoms with Gasteiger partial charge in [-0.1, -0.05) is 0 Å². The van der Waals surface area contributed by atoms with Crippen LogP contribution in [0.4, 0.5) is 5.95 Å². The van der Waals surface area contributed by atoms with E-state index in [1.165, 1.54) is 8.61 Å². The molecule has 0 aliphatic carbocycles. The van der Waals surface area contributed by atoms with Crippen molar-refractivity contribution in [2.24, 2.45) is 5.92 Å². The van der Waals surface area contributed by atoms with E-state index in [9.17, 15) is 8.42 Å². The first-order valence-electron chi connectivity index (χ1n) is 7.66. The fraction of sp³-hybridized carbons (Fsp3) is 0.500. The highest BCUT2D eigenvalue weighted by molar-refractivity contribution is 7.86. The molecule has 0 radical (unpaired) electrons. The maximum atomic E-state index is 12.6. The van der Waals surface area contributed by atoms with Gasteiger partial charge in [-0.25, -0.2) is 9.97 Å². The largest absolute Gasteiger partial charge is 0.354 e. The topological polar surface area (TPSA) is 96.2 Å². The number of nitrogens with one attached hydrogen (secondary N) is 1. The lowest BCUT2D eigenvalue weighted by Crippen LogP contribution is -2.42. The van der Waals surface area contributed by atoms with Gasteiger partial charge in [0.05, 0.1) is 12.2 Å². The molecule has 0 amide bonds. The van der Waals surface area contributed by atoms with Gasteiger partial charge in [-0.2, -0.15) is 22.1 Å². The Morgan fingerprint density at radius 3 is 2.71 bits per heavy atom. The third-order valence-electron chi connectivity index (χ3n) is 3.94. The van der Waals surface area contributed by atoms with E-state index in [1.807, 2.05) is 10.7 Å². The highest BCUT2D eigenvalue weighted by Gasteiger charge is 2.31. The Kier molecular flexibility index (Phi) is 4.78. The van der Waals surface area contributed by atoms with Crippen LogP contribution in [0.3, 0.4) is 0 Å². The minimum absolute atomic E-state index is 0.0460. The summed E-state index contributed by atoms with van der Waals surface area (Å²) in [4.78, 5) is 8.26. The van der Waals surface area contributed by atoms with Crippen LogP contribution in [0.25, 0.3) is 0 Å². The van der Waals surface area contributed by atoms with Crippen LogP contribution in [0.2, 0.25) is 0 Å². The Hall–Kier alpha value is -2.04. The van der Waals surface area contributed by atoms with E-state index in [1.54, 1.807) is 38.8 Å². The molecule has 0 spiro atoms. The average Bonchev–Trinajstić information content (AvgIpc) is 2.91. The van der Waals surface area contributed by atoms with Gasteiger partial charge >= 0.3 is 0 Å². The molecule has 1 N–H and O–H groups in total. The molecule has 1 aliphatic heterocycles. The molecule has 2 aromatic heterocycles. The predicted molar refractivity (Wildman–Crippen MR) is 89.3 cm³/mol. The number of anilines is 1. The number of hydrogen-bond donors (Lipinski definition) is 1. The van der Waals surface area contributed by atoms with Crippen LogP contribution in [0.1, 0.15) is 5.69 Å². The fourth-order valence-electron chi connectivity index (χ4n) is 2.66. The van der Waals surface area contributed by atoms with Crippen LogP contribution in [0, 0.1) is 5.92 Å². The number of rotatable bonds is 5. The number of fused-ring (bicyclic) bond motifs is 1. The van der Waals surface area contributed by atoms with Crippen LogP contribution < -0.4 is 5.32 Å². The predicted octanol–water partition coefficient (Wildman–Crippen LogP) is 0.0234. The average molecular weight is 351 g/mol. The first-order valence-corrected chi connectivity index (χ1v) is 9.05. The molecule has 24 heavy (non-hydrogen) atoms. The fourth-order valence-corrected chi connectivity index (χ4v) is 3.81. The van der Waals surface area contributed by atoms with Crippen LogP contribution in [-0.2, 0) is 23.3 Å². The zero-order valence-electron chi connectivity index (χ0n) is 13.7. The van der Waals surface area contributed by atoms with Crippen molar-refractivity contribution in [2.45, 2.75) is 13.1 Å². The minimum atomic E-state index is -3.49. The van der Waals surface area contributed by atoms with E-state index >= 15 is 0 Å². The van der Waals surface area contributed by atoms with E-state index in [0.29, 0.717) is 32.1 Å². The molecule has 130 valence electrons. The van der Waals surface area contributed by atoms with Crippen molar-refractivity contribution in [2.75, 3.05) is 32.5 Å². The van der Waals surface area contributed by atoms with Crippen LogP contribution in [0.15, 0.2) is 30.7 Å². The van der Waals surface area contributed by atoms with Crippen LogP contribution in [0.5, 0.6) is 0 Å². The molecule has 0 aromatic carbocycles. The normalized spacial score (nSPS) is 19.0. The zero-order valence-corrected chi connectivity index (χ0v) is 14.5. The zero-order chi connectivity index (χ0) is 17.2. The van der Waals surface area contributed by atoms with Crippen molar-refractivity contribution in [1.82, 2.24) is 28.4 Å². The number of nitrogens with zero attached hydrogens (tertiary/aromatic N) is 6. The van der Waals surface area contributed by atoms with E-state index in [-0.39, 0.29) is 5.92 Å². The lowest BCUT2D eigenvalue weighted by molar-refractivity contribution is 0.326. The van der Waals surface area contributed by atoms with E-state index < -0.39 is 10.2 Å². The lowest BCUT2D eigenvalue weighted by Gasteiger charge is -2.26. The van der Waals surface area contributed by atoms with Crippen LogP contribution in [-0.4, -0.2) is 64.0 Å². The summed E-state index contributed by atoms with van der Waals surface area (Å²) in [5.74, 6) is 0.578. The van der Waals surface area contributed by atoms with Gasteiger partial charge in [0.15, 0.2) is 0 Å².